The van der Waals surface area contributed by atoms with Crippen molar-refractivity contribution in [3.05, 3.63) is 28.8 Å². The molecule has 0 unspecified atom stereocenters. The van der Waals surface area contributed by atoms with E-state index in [1.165, 1.54) is 0 Å². The van der Waals surface area contributed by atoms with Gasteiger partial charge in [0.25, 0.3) is 0 Å². The van der Waals surface area contributed by atoms with Gasteiger partial charge in [0, 0.05) is 0 Å². The number of halogens is 2. The maximum Gasteiger partial charge on any atom is 0.375 e. The molecule has 64 valence electrons. The van der Waals surface area contributed by atoms with Gasteiger partial charge in [0.2, 0.25) is 0 Å². The Hall–Kier alpha value is -1.20. The Morgan fingerprint density at radius 1 is 1.67 bits per heavy atom. The van der Waals surface area contributed by atoms with Gasteiger partial charge in [-0.3, -0.25) is 0 Å². The zero-order valence-electron chi connectivity index (χ0n) is 5.75. The highest BCUT2D eigenvalue weighted by molar-refractivity contribution is 6.29. The predicted molar refractivity (Wildman–Crippen MR) is 38.8 cm³/mol. The van der Waals surface area contributed by atoms with E-state index < -0.39 is 16.9 Å². The smallest absolute Gasteiger partial charge is 0.368 e. The first-order valence-corrected chi connectivity index (χ1v) is 3.26. The van der Waals surface area contributed by atoms with Crippen LogP contribution >= 0.6 is 11.6 Å². The van der Waals surface area contributed by atoms with Crippen molar-refractivity contribution in [2.75, 3.05) is 0 Å². The normalized spacial score (nSPS) is 9.58. The molecule has 1 aromatic heterocycles. The lowest BCUT2D eigenvalue weighted by atomic mass is 10.3. The molecule has 6 heteroatoms. The third kappa shape index (κ3) is 1.69. The third-order valence-corrected chi connectivity index (χ3v) is 1.38. The zero-order valence-corrected chi connectivity index (χ0v) is 6.51. The van der Waals surface area contributed by atoms with E-state index in [-0.39, 0.29) is 5.69 Å². The van der Waals surface area contributed by atoms with Crippen molar-refractivity contribution in [3.8, 4) is 0 Å². The summed E-state index contributed by atoms with van der Waals surface area (Å²) in [6.45, 7) is 0. The largest absolute Gasteiger partial charge is 0.375 e. The maximum atomic E-state index is 12.5. The molecule has 1 aromatic rings. The number of pyridine rings is 1. The van der Waals surface area contributed by atoms with Crippen molar-refractivity contribution in [2.24, 2.45) is 5.90 Å². The topological polar surface area (TPSA) is 65.2 Å². The second-order valence-corrected chi connectivity index (χ2v) is 2.23. The predicted octanol–water partition coefficient (Wildman–Crippen LogP) is 0.905. The highest BCUT2D eigenvalue weighted by atomic mass is 35.5. The second kappa shape index (κ2) is 3.46. The quantitative estimate of drug-likeness (QED) is 0.528. The number of carbonyl (C=O) groups excluding carboxylic acids is 1. The molecule has 0 spiro atoms. The Labute approximate surface area is 72.1 Å². The minimum Gasteiger partial charge on any atom is -0.368 e. The van der Waals surface area contributed by atoms with Crippen LogP contribution < -0.4 is 5.90 Å². The molecule has 1 heterocycles. The van der Waals surface area contributed by atoms with Crippen molar-refractivity contribution in [1.82, 2.24) is 4.98 Å². The summed E-state index contributed by atoms with van der Waals surface area (Å²) in [6, 6.07) is 2.12. The molecule has 0 aromatic carbocycles. The molecule has 0 amide bonds. The molecule has 0 aliphatic heterocycles. The molecule has 12 heavy (non-hydrogen) atoms. The van der Waals surface area contributed by atoms with E-state index in [1.807, 2.05) is 0 Å². The van der Waals surface area contributed by atoms with E-state index >= 15 is 0 Å². The summed E-state index contributed by atoms with van der Waals surface area (Å²) in [6.07, 6.45) is 0. The number of hydrogen-bond donors (Lipinski definition) is 1. The molecule has 2 N–H and O–H groups in total. The Kier molecular flexibility index (Phi) is 2.57. The lowest BCUT2D eigenvalue weighted by Crippen LogP contribution is -2.12. The molecular formula is C6H4ClFN2O2. The molecule has 4 nitrogen and oxygen atoms in total. The molecule has 0 saturated carbocycles. The van der Waals surface area contributed by atoms with E-state index in [1.54, 1.807) is 0 Å². The fourth-order valence-electron chi connectivity index (χ4n) is 0.591. The molecule has 0 aliphatic rings. The second-order valence-electron chi connectivity index (χ2n) is 1.87. The molecule has 0 bridgehead atoms. The van der Waals surface area contributed by atoms with Crippen LogP contribution in [-0.4, -0.2) is 11.0 Å². The summed E-state index contributed by atoms with van der Waals surface area (Å²) in [4.78, 5) is 17.9. The Balaban J connectivity index is 3.05. The minimum atomic E-state index is -0.864. The van der Waals surface area contributed by atoms with Gasteiger partial charge in [0.15, 0.2) is 16.7 Å². The van der Waals surface area contributed by atoms with Crippen molar-refractivity contribution >= 4 is 17.6 Å². The number of nitrogens with zero attached hydrogens (tertiary/aromatic N) is 1. The molecule has 0 fully saturated rings. The van der Waals surface area contributed by atoms with Gasteiger partial charge in [-0.1, -0.05) is 11.6 Å². The Morgan fingerprint density at radius 3 is 2.83 bits per heavy atom. The van der Waals surface area contributed by atoms with Crippen LogP contribution in [-0.2, 0) is 4.84 Å². The summed E-state index contributed by atoms with van der Waals surface area (Å²) in [7, 11) is 0. The van der Waals surface area contributed by atoms with Gasteiger partial charge in [-0.2, -0.15) is 5.90 Å². The first-order valence-electron chi connectivity index (χ1n) is 2.88. The number of nitrogens with two attached hydrogens (primary N) is 1. The van der Waals surface area contributed by atoms with Crippen molar-refractivity contribution < 1.29 is 14.0 Å². The highest BCUT2D eigenvalue weighted by Gasteiger charge is 2.10. The number of rotatable bonds is 1. The van der Waals surface area contributed by atoms with Gasteiger partial charge in [0.05, 0.1) is 0 Å². The molecule has 0 radical (unpaired) electrons. The van der Waals surface area contributed by atoms with Gasteiger partial charge < -0.3 is 4.84 Å². The molecular weight excluding hydrogens is 187 g/mol. The summed E-state index contributed by atoms with van der Waals surface area (Å²) >= 11 is 5.28. The van der Waals surface area contributed by atoms with E-state index in [4.69, 9.17) is 11.6 Å². The van der Waals surface area contributed by atoms with Crippen LogP contribution in [0.25, 0.3) is 0 Å². The lowest BCUT2D eigenvalue weighted by Gasteiger charge is -1.97. The number of aromatic nitrogens is 1. The van der Waals surface area contributed by atoms with E-state index in [2.05, 4.69) is 15.7 Å². The monoisotopic (exact) mass is 190 g/mol. The van der Waals surface area contributed by atoms with E-state index in [0.29, 0.717) is 0 Å². The average molecular weight is 191 g/mol. The third-order valence-electron chi connectivity index (χ3n) is 1.12. The SMILES string of the molecule is NOC(=O)c1ccc(F)c(Cl)n1. The standard InChI is InChI=1S/C6H4ClFN2O2/c7-5-3(8)1-2-4(10-5)6(11)12-9/h1-2H,9H2. The molecule has 0 saturated heterocycles. The highest BCUT2D eigenvalue weighted by Crippen LogP contribution is 2.11. The van der Waals surface area contributed by atoms with Gasteiger partial charge >= 0.3 is 5.97 Å². The van der Waals surface area contributed by atoms with Crippen molar-refractivity contribution in [2.45, 2.75) is 0 Å². The van der Waals surface area contributed by atoms with Crippen molar-refractivity contribution in [1.29, 1.82) is 0 Å². The molecule has 1 rings (SSSR count). The van der Waals surface area contributed by atoms with Crippen LogP contribution in [0.5, 0.6) is 0 Å². The molecule has 0 atom stereocenters. The Bertz CT molecular complexity index is 318. The lowest BCUT2D eigenvalue weighted by molar-refractivity contribution is 0.0496. The first kappa shape index (κ1) is 8.89. The fraction of sp³-hybridized carbons (Fsp3) is 0. The van der Waals surface area contributed by atoms with E-state index in [9.17, 15) is 9.18 Å². The van der Waals surface area contributed by atoms with Crippen LogP contribution in [0.2, 0.25) is 5.15 Å². The maximum absolute atomic E-state index is 12.5. The summed E-state index contributed by atoms with van der Waals surface area (Å²) in [5.41, 5.74) is -0.135. The average Bonchev–Trinajstić information content (AvgIpc) is 2.08. The zero-order chi connectivity index (χ0) is 9.14. The van der Waals surface area contributed by atoms with Gasteiger partial charge in [-0.15, -0.1) is 0 Å². The molecule has 0 aliphatic carbocycles. The summed E-state index contributed by atoms with van der Waals surface area (Å²) in [5, 5.41) is -0.391. The first-order chi connectivity index (χ1) is 5.65. The summed E-state index contributed by atoms with van der Waals surface area (Å²) in [5.74, 6) is 3.00. The Morgan fingerprint density at radius 2 is 2.33 bits per heavy atom. The van der Waals surface area contributed by atoms with Gasteiger partial charge in [-0.05, 0) is 12.1 Å². The van der Waals surface area contributed by atoms with Gasteiger partial charge in [0.1, 0.15) is 0 Å². The van der Waals surface area contributed by atoms with Crippen LogP contribution in [0.3, 0.4) is 0 Å². The van der Waals surface area contributed by atoms with Crippen LogP contribution in [0.15, 0.2) is 12.1 Å². The number of carbonyl (C=O) groups is 1. The van der Waals surface area contributed by atoms with Crippen LogP contribution in [0.1, 0.15) is 10.5 Å². The van der Waals surface area contributed by atoms with Crippen molar-refractivity contribution in [3.63, 3.8) is 0 Å². The number of hydrogen-bond acceptors (Lipinski definition) is 4. The minimum absolute atomic E-state index is 0.135. The van der Waals surface area contributed by atoms with Crippen LogP contribution in [0.4, 0.5) is 4.39 Å². The fourth-order valence-corrected chi connectivity index (χ4v) is 0.745. The van der Waals surface area contributed by atoms with Crippen LogP contribution in [0, 0.1) is 5.82 Å². The van der Waals surface area contributed by atoms with Gasteiger partial charge in [-0.25, -0.2) is 14.2 Å². The van der Waals surface area contributed by atoms with E-state index in [0.717, 1.165) is 12.1 Å². The summed E-state index contributed by atoms with van der Waals surface area (Å²) < 4.78 is 12.5.